The van der Waals surface area contributed by atoms with Crippen molar-refractivity contribution in [1.29, 1.82) is 0 Å². The molecule has 1 aromatic carbocycles. The first-order chi connectivity index (χ1) is 8.66. The average Bonchev–Trinajstić information content (AvgIpc) is 2.60. The van der Waals surface area contributed by atoms with Gasteiger partial charge in [-0.1, -0.05) is 18.9 Å². The van der Waals surface area contributed by atoms with Gasteiger partial charge in [0, 0.05) is 6.54 Å². The smallest absolute Gasteiger partial charge is 0.336 e. The first-order valence-electron chi connectivity index (χ1n) is 6.41. The van der Waals surface area contributed by atoms with Gasteiger partial charge < -0.3 is 5.11 Å². The number of halogens is 1. The third-order valence-corrected chi connectivity index (χ3v) is 3.39. The van der Waals surface area contributed by atoms with Crippen molar-refractivity contribution in [2.24, 2.45) is 0 Å². The molecule has 4 heteroatoms. The highest BCUT2D eigenvalue weighted by atomic mass is 19.1. The summed E-state index contributed by atoms with van der Waals surface area (Å²) in [6.07, 6.45) is 4.80. The molecule has 0 unspecified atom stereocenters. The minimum Gasteiger partial charge on any atom is -0.478 e. The van der Waals surface area contributed by atoms with Crippen LogP contribution in [0.25, 0.3) is 0 Å². The predicted octanol–water partition coefficient (Wildman–Crippen LogP) is 2.90. The van der Waals surface area contributed by atoms with Crippen LogP contribution in [-0.4, -0.2) is 29.1 Å². The number of likely N-dealkylation sites (tertiary alicyclic amines) is 1. The topological polar surface area (TPSA) is 40.5 Å². The van der Waals surface area contributed by atoms with Crippen LogP contribution in [0.15, 0.2) is 18.2 Å². The molecule has 0 saturated carbocycles. The number of carboxylic acid groups (broad SMARTS) is 1. The Labute approximate surface area is 106 Å². The van der Waals surface area contributed by atoms with Crippen LogP contribution in [-0.2, 0) is 6.54 Å². The Kier molecular flexibility index (Phi) is 4.31. The Morgan fingerprint density at radius 1 is 1.22 bits per heavy atom. The van der Waals surface area contributed by atoms with Crippen LogP contribution in [0.2, 0.25) is 0 Å². The summed E-state index contributed by atoms with van der Waals surface area (Å²) in [4.78, 5) is 13.4. The Balaban J connectivity index is 2.14. The second-order valence-electron chi connectivity index (χ2n) is 4.80. The van der Waals surface area contributed by atoms with Crippen LogP contribution in [0, 0.1) is 5.82 Å². The van der Waals surface area contributed by atoms with E-state index in [-0.39, 0.29) is 5.56 Å². The Morgan fingerprint density at radius 2 is 1.89 bits per heavy atom. The monoisotopic (exact) mass is 251 g/mol. The van der Waals surface area contributed by atoms with Crippen molar-refractivity contribution in [2.75, 3.05) is 13.1 Å². The molecule has 1 saturated heterocycles. The molecular formula is C14H18FNO2. The lowest BCUT2D eigenvalue weighted by Crippen LogP contribution is -2.25. The number of nitrogens with zero attached hydrogens (tertiary/aromatic N) is 1. The van der Waals surface area contributed by atoms with E-state index in [0.29, 0.717) is 12.1 Å². The highest BCUT2D eigenvalue weighted by molar-refractivity contribution is 5.89. The van der Waals surface area contributed by atoms with E-state index in [9.17, 15) is 9.18 Å². The van der Waals surface area contributed by atoms with Gasteiger partial charge in [-0.2, -0.15) is 0 Å². The maximum atomic E-state index is 13.1. The third kappa shape index (κ3) is 3.29. The summed E-state index contributed by atoms with van der Waals surface area (Å²) in [5.41, 5.74) is 0.782. The molecule has 1 N–H and O–H groups in total. The fourth-order valence-corrected chi connectivity index (χ4v) is 2.42. The quantitative estimate of drug-likeness (QED) is 0.898. The molecular weight excluding hydrogens is 233 g/mol. The predicted molar refractivity (Wildman–Crippen MR) is 67.1 cm³/mol. The first kappa shape index (κ1) is 13.0. The standard InChI is InChI=1S/C14H18FNO2/c15-12-6-5-11(13(9-12)14(17)18)10-16-7-3-1-2-4-8-16/h5-6,9H,1-4,7-8,10H2,(H,17,18). The lowest BCUT2D eigenvalue weighted by Gasteiger charge is -2.20. The number of benzene rings is 1. The van der Waals surface area contributed by atoms with Crippen LogP contribution in [0.5, 0.6) is 0 Å². The molecule has 1 heterocycles. The van der Waals surface area contributed by atoms with E-state index < -0.39 is 11.8 Å². The fourth-order valence-electron chi connectivity index (χ4n) is 2.42. The molecule has 1 aliphatic heterocycles. The van der Waals surface area contributed by atoms with E-state index in [0.717, 1.165) is 32.0 Å². The Morgan fingerprint density at radius 3 is 2.50 bits per heavy atom. The van der Waals surface area contributed by atoms with Crippen LogP contribution in [0.1, 0.15) is 41.6 Å². The highest BCUT2D eigenvalue weighted by Gasteiger charge is 2.15. The van der Waals surface area contributed by atoms with Crippen molar-refractivity contribution in [1.82, 2.24) is 4.90 Å². The molecule has 1 fully saturated rings. The van der Waals surface area contributed by atoms with Crippen molar-refractivity contribution in [3.63, 3.8) is 0 Å². The van der Waals surface area contributed by atoms with Gasteiger partial charge in [0.1, 0.15) is 5.82 Å². The van der Waals surface area contributed by atoms with Gasteiger partial charge in [-0.25, -0.2) is 9.18 Å². The highest BCUT2D eigenvalue weighted by Crippen LogP contribution is 2.17. The molecule has 0 aliphatic carbocycles. The van der Waals surface area contributed by atoms with E-state index in [1.165, 1.54) is 18.9 Å². The summed E-state index contributed by atoms with van der Waals surface area (Å²) in [7, 11) is 0. The first-order valence-corrected chi connectivity index (χ1v) is 6.41. The van der Waals surface area contributed by atoms with Gasteiger partial charge in [0.05, 0.1) is 5.56 Å². The van der Waals surface area contributed by atoms with Crippen LogP contribution in [0.3, 0.4) is 0 Å². The summed E-state index contributed by atoms with van der Waals surface area (Å²) < 4.78 is 13.1. The third-order valence-electron chi connectivity index (χ3n) is 3.39. The van der Waals surface area contributed by atoms with Crippen molar-refractivity contribution in [2.45, 2.75) is 32.2 Å². The molecule has 0 atom stereocenters. The molecule has 98 valence electrons. The second kappa shape index (κ2) is 5.96. The summed E-state index contributed by atoms with van der Waals surface area (Å²) in [5, 5.41) is 9.09. The minimum absolute atomic E-state index is 0.0826. The molecule has 0 spiro atoms. The zero-order chi connectivity index (χ0) is 13.0. The lowest BCUT2D eigenvalue weighted by molar-refractivity contribution is 0.0694. The number of aromatic carboxylic acids is 1. The van der Waals surface area contributed by atoms with Gasteiger partial charge in [0.2, 0.25) is 0 Å². The van der Waals surface area contributed by atoms with E-state index in [1.807, 2.05) is 0 Å². The van der Waals surface area contributed by atoms with Crippen molar-refractivity contribution < 1.29 is 14.3 Å². The van der Waals surface area contributed by atoms with Crippen LogP contribution < -0.4 is 0 Å². The summed E-state index contributed by atoms with van der Waals surface area (Å²) in [6.45, 7) is 2.59. The van der Waals surface area contributed by atoms with Gasteiger partial charge in [0.15, 0.2) is 0 Å². The number of hydrogen-bond donors (Lipinski definition) is 1. The number of hydrogen-bond acceptors (Lipinski definition) is 2. The van der Waals surface area contributed by atoms with E-state index in [1.54, 1.807) is 6.07 Å². The normalized spacial score (nSPS) is 17.4. The zero-order valence-electron chi connectivity index (χ0n) is 10.4. The lowest BCUT2D eigenvalue weighted by atomic mass is 10.1. The molecule has 18 heavy (non-hydrogen) atoms. The molecule has 3 nitrogen and oxygen atoms in total. The minimum atomic E-state index is -1.06. The van der Waals surface area contributed by atoms with Crippen molar-refractivity contribution in [3.8, 4) is 0 Å². The molecule has 1 aliphatic rings. The van der Waals surface area contributed by atoms with E-state index in [2.05, 4.69) is 4.90 Å². The summed E-state index contributed by atoms with van der Waals surface area (Å²) in [6, 6.07) is 4.03. The number of carboxylic acids is 1. The molecule has 0 aromatic heterocycles. The number of rotatable bonds is 3. The van der Waals surface area contributed by atoms with Gasteiger partial charge >= 0.3 is 5.97 Å². The van der Waals surface area contributed by atoms with E-state index in [4.69, 9.17) is 5.11 Å². The number of carbonyl (C=O) groups is 1. The van der Waals surface area contributed by atoms with Crippen molar-refractivity contribution in [3.05, 3.63) is 35.1 Å². The summed E-state index contributed by atoms with van der Waals surface area (Å²) in [5.74, 6) is -1.55. The van der Waals surface area contributed by atoms with E-state index >= 15 is 0 Å². The molecule has 1 aromatic rings. The molecule has 0 bridgehead atoms. The average molecular weight is 251 g/mol. The second-order valence-corrected chi connectivity index (χ2v) is 4.80. The zero-order valence-corrected chi connectivity index (χ0v) is 10.4. The Bertz CT molecular complexity index is 426. The largest absolute Gasteiger partial charge is 0.478 e. The maximum Gasteiger partial charge on any atom is 0.336 e. The van der Waals surface area contributed by atoms with Gasteiger partial charge in [-0.15, -0.1) is 0 Å². The van der Waals surface area contributed by atoms with Gasteiger partial charge in [-0.3, -0.25) is 4.90 Å². The molecule has 2 rings (SSSR count). The summed E-state index contributed by atoms with van der Waals surface area (Å²) >= 11 is 0. The maximum absolute atomic E-state index is 13.1. The van der Waals surface area contributed by atoms with Crippen LogP contribution >= 0.6 is 0 Å². The SMILES string of the molecule is O=C(O)c1cc(F)ccc1CN1CCCCCC1. The fraction of sp³-hybridized carbons (Fsp3) is 0.500. The van der Waals surface area contributed by atoms with Crippen LogP contribution in [0.4, 0.5) is 4.39 Å². The van der Waals surface area contributed by atoms with Gasteiger partial charge in [0.25, 0.3) is 0 Å². The van der Waals surface area contributed by atoms with Gasteiger partial charge in [-0.05, 0) is 43.6 Å². The van der Waals surface area contributed by atoms with Crippen molar-refractivity contribution >= 4 is 5.97 Å². The Hall–Kier alpha value is -1.42. The molecule has 0 radical (unpaired) electrons. The molecule has 0 amide bonds.